The van der Waals surface area contributed by atoms with Gasteiger partial charge in [0.1, 0.15) is 5.58 Å². The van der Waals surface area contributed by atoms with Gasteiger partial charge in [-0.1, -0.05) is 18.6 Å². The summed E-state index contributed by atoms with van der Waals surface area (Å²) in [7, 11) is 0. The third-order valence-electron chi connectivity index (χ3n) is 5.74. The number of aryl methyl sites for hydroxylation is 3. The summed E-state index contributed by atoms with van der Waals surface area (Å²) >= 11 is 1.77. The van der Waals surface area contributed by atoms with Crippen LogP contribution < -0.4 is 5.32 Å². The largest absolute Gasteiger partial charge is 0.451 e. The minimum absolute atomic E-state index is 0.121. The normalized spacial score (nSPS) is 16.4. The van der Waals surface area contributed by atoms with Crippen LogP contribution in [0.3, 0.4) is 0 Å². The van der Waals surface area contributed by atoms with Gasteiger partial charge in [0.05, 0.1) is 6.04 Å². The molecule has 2 aromatic heterocycles. The summed E-state index contributed by atoms with van der Waals surface area (Å²) in [5.41, 5.74) is 4.02. The van der Waals surface area contributed by atoms with E-state index in [1.807, 2.05) is 19.9 Å². The number of benzene rings is 1. The lowest BCUT2D eigenvalue weighted by Gasteiger charge is -2.34. The van der Waals surface area contributed by atoms with E-state index in [1.165, 1.54) is 24.1 Å². The van der Waals surface area contributed by atoms with E-state index in [-0.39, 0.29) is 11.9 Å². The Kier molecular flexibility index (Phi) is 5.56. The zero-order valence-corrected chi connectivity index (χ0v) is 17.7. The summed E-state index contributed by atoms with van der Waals surface area (Å²) in [6.45, 7) is 8.90. The van der Waals surface area contributed by atoms with Gasteiger partial charge in [-0.25, -0.2) is 0 Å². The van der Waals surface area contributed by atoms with Gasteiger partial charge >= 0.3 is 0 Å². The summed E-state index contributed by atoms with van der Waals surface area (Å²) in [5, 5.41) is 6.32. The average Bonchev–Trinajstić information content (AvgIpc) is 3.31. The number of fused-ring (bicyclic) bond motifs is 1. The molecule has 0 aliphatic carbocycles. The quantitative estimate of drug-likeness (QED) is 0.630. The second-order valence-electron chi connectivity index (χ2n) is 7.85. The predicted octanol–water partition coefficient (Wildman–Crippen LogP) is 5.38. The molecule has 1 aliphatic heterocycles. The van der Waals surface area contributed by atoms with E-state index >= 15 is 0 Å². The molecule has 1 aromatic carbocycles. The summed E-state index contributed by atoms with van der Waals surface area (Å²) in [4.78, 5) is 16.8. The molecule has 0 saturated carbocycles. The van der Waals surface area contributed by atoms with Gasteiger partial charge < -0.3 is 9.73 Å². The van der Waals surface area contributed by atoms with Crippen molar-refractivity contribution in [3.05, 3.63) is 57.0 Å². The zero-order valence-electron chi connectivity index (χ0n) is 16.9. The lowest BCUT2D eigenvalue weighted by Crippen LogP contribution is -2.40. The van der Waals surface area contributed by atoms with Crippen molar-refractivity contribution in [3.63, 3.8) is 0 Å². The summed E-state index contributed by atoms with van der Waals surface area (Å²) in [6.07, 6.45) is 3.77. The number of likely N-dealkylation sites (tertiary alicyclic amines) is 1. The molecule has 3 aromatic rings. The number of carbonyl (C=O) groups excluding carboxylic acids is 1. The Morgan fingerprint density at radius 3 is 2.71 bits per heavy atom. The van der Waals surface area contributed by atoms with E-state index in [2.05, 4.69) is 40.7 Å². The fourth-order valence-electron chi connectivity index (χ4n) is 4.40. The van der Waals surface area contributed by atoms with E-state index in [0.717, 1.165) is 40.7 Å². The second kappa shape index (κ2) is 8.10. The number of nitrogens with one attached hydrogen (secondary N) is 1. The first-order valence-corrected chi connectivity index (χ1v) is 11.0. The van der Waals surface area contributed by atoms with E-state index < -0.39 is 0 Å². The van der Waals surface area contributed by atoms with Crippen LogP contribution in [-0.2, 0) is 0 Å². The molecule has 0 spiro atoms. The van der Waals surface area contributed by atoms with Crippen molar-refractivity contribution in [1.29, 1.82) is 0 Å². The van der Waals surface area contributed by atoms with Gasteiger partial charge in [-0.3, -0.25) is 9.69 Å². The Bertz CT molecular complexity index is 968. The van der Waals surface area contributed by atoms with Crippen molar-refractivity contribution >= 4 is 28.2 Å². The highest BCUT2D eigenvalue weighted by molar-refractivity contribution is 7.10. The minimum atomic E-state index is -0.121. The number of hydrogen-bond acceptors (Lipinski definition) is 4. The van der Waals surface area contributed by atoms with Crippen LogP contribution in [0.25, 0.3) is 11.0 Å². The van der Waals surface area contributed by atoms with Crippen molar-refractivity contribution in [3.8, 4) is 0 Å². The molecule has 1 unspecified atom stereocenters. The van der Waals surface area contributed by atoms with Crippen LogP contribution in [0.2, 0.25) is 0 Å². The second-order valence-corrected chi connectivity index (χ2v) is 8.83. The lowest BCUT2D eigenvalue weighted by molar-refractivity contribution is 0.0899. The summed E-state index contributed by atoms with van der Waals surface area (Å²) < 4.78 is 5.97. The van der Waals surface area contributed by atoms with Crippen LogP contribution >= 0.6 is 11.3 Å². The molecule has 148 valence electrons. The fraction of sp³-hybridized carbons (Fsp3) is 0.435. The van der Waals surface area contributed by atoms with Crippen LogP contribution in [0, 0.1) is 20.8 Å². The van der Waals surface area contributed by atoms with E-state index in [9.17, 15) is 4.79 Å². The minimum Gasteiger partial charge on any atom is -0.451 e. The molecule has 4 rings (SSSR count). The maximum Gasteiger partial charge on any atom is 0.287 e. The molecule has 4 nitrogen and oxygen atoms in total. The molecule has 1 aliphatic rings. The van der Waals surface area contributed by atoms with Crippen molar-refractivity contribution < 1.29 is 9.21 Å². The van der Waals surface area contributed by atoms with Crippen LogP contribution in [0.1, 0.15) is 57.4 Å². The third-order valence-corrected chi connectivity index (χ3v) is 6.71. The van der Waals surface area contributed by atoms with Gasteiger partial charge in [-0.15, -0.1) is 11.3 Å². The highest BCUT2D eigenvalue weighted by atomic mass is 32.1. The molecule has 0 bridgehead atoms. The number of piperidine rings is 1. The molecule has 1 fully saturated rings. The number of thiophene rings is 1. The Labute approximate surface area is 170 Å². The zero-order chi connectivity index (χ0) is 19.7. The first-order chi connectivity index (χ1) is 13.5. The molecule has 1 amide bonds. The van der Waals surface area contributed by atoms with Crippen LogP contribution in [0.4, 0.5) is 0 Å². The number of amides is 1. The van der Waals surface area contributed by atoms with Crippen LogP contribution in [-0.4, -0.2) is 30.4 Å². The smallest absolute Gasteiger partial charge is 0.287 e. The van der Waals surface area contributed by atoms with E-state index in [0.29, 0.717) is 12.3 Å². The Balaban J connectivity index is 1.55. The van der Waals surface area contributed by atoms with Crippen molar-refractivity contribution in [2.75, 3.05) is 19.6 Å². The standard InChI is InChI=1S/C23H28N2O2S/c1-15-12-16(2)21-17(3)22(27-19(21)13-15)23(26)24-14-18(20-8-7-11-28-20)25-9-5-4-6-10-25/h7-8,11-13,18H,4-6,9-10,14H2,1-3H3,(H,24,26). The molecule has 3 heterocycles. The first kappa shape index (κ1) is 19.2. The predicted molar refractivity (Wildman–Crippen MR) is 115 cm³/mol. The maximum absolute atomic E-state index is 13.0. The molecule has 5 heteroatoms. The van der Waals surface area contributed by atoms with Crippen molar-refractivity contribution in [1.82, 2.24) is 10.2 Å². The maximum atomic E-state index is 13.0. The van der Waals surface area contributed by atoms with Crippen molar-refractivity contribution in [2.45, 2.75) is 46.1 Å². The van der Waals surface area contributed by atoms with Crippen LogP contribution in [0.15, 0.2) is 34.1 Å². The van der Waals surface area contributed by atoms with Gasteiger partial charge in [0.25, 0.3) is 5.91 Å². The van der Waals surface area contributed by atoms with Gasteiger partial charge in [-0.2, -0.15) is 0 Å². The fourth-order valence-corrected chi connectivity index (χ4v) is 5.26. The Morgan fingerprint density at radius 2 is 2.00 bits per heavy atom. The molecular weight excluding hydrogens is 368 g/mol. The Morgan fingerprint density at radius 1 is 1.21 bits per heavy atom. The third kappa shape index (κ3) is 3.74. The monoisotopic (exact) mass is 396 g/mol. The summed E-state index contributed by atoms with van der Waals surface area (Å²) in [5.74, 6) is 0.316. The van der Waals surface area contributed by atoms with E-state index in [1.54, 1.807) is 11.3 Å². The average molecular weight is 397 g/mol. The SMILES string of the molecule is Cc1cc(C)c2c(C)c(C(=O)NCC(c3cccs3)N3CCCCC3)oc2c1. The van der Waals surface area contributed by atoms with Gasteiger partial charge in [0.2, 0.25) is 0 Å². The van der Waals surface area contributed by atoms with Crippen molar-refractivity contribution in [2.24, 2.45) is 0 Å². The number of rotatable bonds is 5. The molecular formula is C23H28N2O2S. The van der Waals surface area contributed by atoms with Gasteiger partial charge in [0.15, 0.2) is 5.76 Å². The first-order valence-electron chi connectivity index (χ1n) is 10.1. The van der Waals surface area contributed by atoms with Crippen LogP contribution in [0.5, 0.6) is 0 Å². The molecule has 1 atom stereocenters. The number of hydrogen-bond donors (Lipinski definition) is 1. The Hall–Kier alpha value is -2.11. The lowest BCUT2D eigenvalue weighted by atomic mass is 10.0. The number of carbonyl (C=O) groups is 1. The summed E-state index contributed by atoms with van der Waals surface area (Å²) in [6, 6.07) is 8.64. The molecule has 28 heavy (non-hydrogen) atoms. The molecule has 1 saturated heterocycles. The highest BCUT2D eigenvalue weighted by Crippen LogP contribution is 2.30. The van der Waals surface area contributed by atoms with Gasteiger partial charge in [0, 0.05) is 22.4 Å². The van der Waals surface area contributed by atoms with E-state index in [4.69, 9.17) is 4.42 Å². The highest BCUT2D eigenvalue weighted by Gasteiger charge is 2.25. The number of furan rings is 1. The molecule has 1 N–H and O–H groups in total. The molecule has 0 radical (unpaired) electrons. The van der Waals surface area contributed by atoms with Gasteiger partial charge in [-0.05, 0) is 75.3 Å². The number of nitrogens with zero attached hydrogens (tertiary/aromatic N) is 1. The topological polar surface area (TPSA) is 45.5 Å².